The molecule has 40 valence electrons. The van der Waals surface area contributed by atoms with Gasteiger partial charge in [-0.05, 0) is 0 Å². The second-order valence-corrected chi connectivity index (χ2v) is 0. The molecule has 0 amide bonds. The van der Waals surface area contributed by atoms with Crippen molar-refractivity contribution in [2.45, 2.75) is 0 Å². The van der Waals surface area contributed by atoms with Crippen molar-refractivity contribution in [1.29, 1.82) is 0 Å². The van der Waals surface area contributed by atoms with E-state index < -0.39 is 0 Å². The summed E-state index contributed by atoms with van der Waals surface area (Å²) in [5, 5.41) is 0. The van der Waals surface area contributed by atoms with Crippen LogP contribution in [0.15, 0.2) is 0 Å². The first-order valence-electron chi connectivity index (χ1n) is 0. The Balaban J connectivity index is 0. The summed E-state index contributed by atoms with van der Waals surface area (Å²) in [6.45, 7) is 0. The Morgan fingerprint density at radius 3 is 0.400 bits per heavy atom. The summed E-state index contributed by atoms with van der Waals surface area (Å²) in [6, 6.07) is 0. The Hall–Kier alpha value is 4.28. The summed E-state index contributed by atoms with van der Waals surface area (Å²) in [4.78, 5) is 0. The van der Waals surface area contributed by atoms with E-state index in [4.69, 9.17) is 0 Å². The molecule has 0 unspecified atom stereocenters. The summed E-state index contributed by atoms with van der Waals surface area (Å²) in [7, 11) is 0. The van der Waals surface area contributed by atoms with E-state index in [1.165, 1.54) is 0 Å². The molecule has 0 aliphatic heterocycles. The van der Waals surface area contributed by atoms with Crippen molar-refractivity contribution >= 4 is 52.8 Å². The van der Waals surface area contributed by atoms with Crippen molar-refractivity contribution in [1.82, 2.24) is 0 Å². The zero-order valence-electron chi connectivity index (χ0n) is 0.707. The van der Waals surface area contributed by atoms with Crippen LogP contribution in [0.25, 0.3) is 0 Å². The van der Waals surface area contributed by atoms with Crippen LogP contribution >= 0.6 is 0 Å². The van der Waals surface area contributed by atoms with Crippen molar-refractivity contribution in [2.24, 2.45) is 0 Å². The van der Waals surface area contributed by atoms with Gasteiger partial charge in [-0.2, -0.15) is 0 Å². The van der Waals surface area contributed by atoms with Crippen LogP contribution in [-0.2, 0) is 0 Å². The molecule has 5 heavy (non-hydrogen) atoms. The van der Waals surface area contributed by atoms with Crippen LogP contribution in [0.2, 0.25) is 0 Å². The molecule has 0 rings (SSSR count). The van der Waals surface area contributed by atoms with Gasteiger partial charge in [-0.15, -0.1) is 0 Å². The van der Waals surface area contributed by atoms with E-state index in [0.29, 0.717) is 0 Å². The van der Waals surface area contributed by atoms with Gasteiger partial charge in [-0.25, -0.2) is 0 Å². The molecule has 5 heteroatoms. The summed E-state index contributed by atoms with van der Waals surface area (Å²) >= 11 is 0. The number of hydrogen-bond acceptors (Lipinski definition) is 0. The molecule has 0 N–H and O–H groups in total. The minimum absolute atomic E-state index is 0. The average molecular weight is 544 g/mol. The van der Waals surface area contributed by atoms with Crippen LogP contribution in [-0.4, -0.2) is 52.8 Å². The van der Waals surface area contributed by atoms with Gasteiger partial charge in [0.2, 0.25) is 0 Å². The molecule has 0 fully saturated rings. The van der Waals surface area contributed by atoms with Gasteiger partial charge in [0, 0.05) is 79.9 Å². The van der Waals surface area contributed by atoms with Gasteiger partial charge in [0.15, 0.2) is 0 Å². The fourth-order valence-electron chi connectivity index (χ4n) is 0. The van der Waals surface area contributed by atoms with Gasteiger partial charge in [0.1, 0.15) is 0 Å². The number of rotatable bonds is 0. The first kappa shape index (κ1) is 34.7. The van der Waals surface area contributed by atoms with Crippen molar-refractivity contribution in [3.8, 4) is 0 Å². The second-order valence-electron chi connectivity index (χ2n) is 0. The first-order chi connectivity index (χ1) is 0. The van der Waals surface area contributed by atoms with Gasteiger partial charge in [0.25, 0.3) is 0 Å². The average Bonchev–Trinajstić information content (AvgIpc) is 0. The molecule has 0 aliphatic carbocycles. The fourth-order valence-corrected chi connectivity index (χ4v) is 0. The SMILES string of the molecule is [Gd].[Gd].[GeH4].[GeH4].[GeH4]. The third-order valence-electron chi connectivity index (χ3n) is 0. The minimum atomic E-state index is 0. The van der Waals surface area contributed by atoms with Crippen LogP contribution in [0.4, 0.5) is 0 Å². The number of hydrogen-bond donors (Lipinski definition) is 0. The standard InChI is InChI=1S/2Gd.3GeH4/h;;3*1H4. The van der Waals surface area contributed by atoms with Crippen LogP contribution in [0.3, 0.4) is 0 Å². The maximum absolute atomic E-state index is 0. The Bertz CT molecular complexity index is 4.85. The predicted molar refractivity (Wildman–Crippen MR) is 34.0 cm³/mol. The third-order valence-corrected chi connectivity index (χ3v) is 0. The molecular weight excluding hydrogens is 532 g/mol. The Kier molecular flexibility index (Phi) is 166. The van der Waals surface area contributed by atoms with E-state index in [1.54, 1.807) is 0 Å². The van der Waals surface area contributed by atoms with Crippen molar-refractivity contribution in [2.75, 3.05) is 0 Å². The van der Waals surface area contributed by atoms with Crippen molar-refractivity contribution in [3.05, 3.63) is 0 Å². The molecular formula is H12Gd2Ge3. The fraction of sp³-hybridized carbons (Fsp3) is 0. The van der Waals surface area contributed by atoms with E-state index in [2.05, 4.69) is 0 Å². The van der Waals surface area contributed by atoms with Crippen LogP contribution < -0.4 is 0 Å². The van der Waals surface area contributed by atoms with Crippen LogP contribution in [0.5, 0.6) is 0 Å². The van der Waals surface area contributed by atoms with E-state index in [1.807, 2.05) is 0 Å². The van der Waals surface area contributed by atoms with Crippen LogP contribution in [0.1, 0.15) is 0 Å². The van der Waals surface area contributed by atoms with Gasteiger partial charge >= 0.3 is 52.8 Å². The quantitative estimate of drug-likeness (QED) is 0.271. The maximum atomic E-state index is 0. The van der Waals surface area contributed by atoms with Crippen molar-refractivity contribution < 1.29 is 79.9 Å². The Morgan fingerprint density at radius 2 is 0.400 bits per heavy atom. The van der Waals surface area contributed by atoms with Gasteiger partial charge in [-0.1, -0.05) is 0 Å². The van der Waals surface area contributed by atoms with Crippen molar-refractivity contribution in [3.63, 3.8) is 0 Å². The zero-order valence-corrected chi connectivity index (χ0v) is 5.24. The van der Waals surface area contributed by atoms with Gasteiger partial charge in [-0.3, -0.25) is 0 Å². The molecule has 0 aromatic rings. The Labute approximate surface area is 129 Å². The normalized spacial score (nSPS) is 0. The molecule has 0 saturated carbocycles. The van der Waals surface area contributed by atoms with E-state index in [0.717, 1.165) is 0 Å². The zero-order chi connectivity index (χ0) is 0. The molecule has 0 aromatic carbocycles. The molecule has 0 nitrogen and oxygen atoms in total. The summed E-state index contributed by atoms with van der Waals surface area (Å²) in [5.74, 6) is 0. The molecule has 0 saturated heterocycles. The van der Waals surface area contributed by atoms with E-state index in [-0.39, 0.29) is 133 Å². The Morgan fingerprint density at radius 1 is 0.400 bits per heavy atom. The topological polar surface area (TPSA) is 0 Å². The predicted octanol–water partition coefficient (Wildman–Crippen LogP) is -4.35. The monoisotopic (exact) mass is 550 g/mol. The first-order valence-corrected chi connectivity index (χ1v) is 0. The van der Waals surface area contributed by atoms with Gasteiger partial charge in [0.05, 0.1) is 0 Å². The molecule has 0 aromatic heterocycles. The molecule has 0 atom stereocenters. The van der Waals surface area contributed by atoms with E-state index in [9.17, 15) is 0 Å². The summed E-state index contributed by atoms with van der Waals surface area (Å²) in [5.41, 5.74) is 0. The molecule has 0 aliphatic rings. The molecule has 0 spiro atoms. The summed E-state index contributed by atoms with van der Waals surface area (Å²) in [6.07, 6.45) is 0. The molecule has 0 radical (unpaired) electrons. The molecule has 0 heterocycles. The van der Waals surface area contributed by atoms with Crippen LogP contribution in [0, 0.1) is 79.9 Å². The summed E-state index contributed by atoms with van der Waals surface area (Å²) < 4.78 is 0. The second kappa shape index (κ2) is 24.0. The third kappa shape index (κ3) is 17.8. The van der Waals surface area contributed by atoms with Gasteiger partial charge < -0.3 is 0 Å². The van der Waals surface area contributed by atoms with E-state index >= 15 is 0 Å². The molecule has 0 bridgehead atoms.